The summed E-state index contributed by atoms with van der Waals surface area (Å²) in [5, 5.41) is 10.8. The number of alkyl halides is 3. The average molecular weight is 545 g/mol. The van der Waals surface area contributed by atoms with Crippen LogP contribution >= 0.6 is 22.6 Å². The second kappa shape index (κ2) is 9.58. The highest BCUT2D eigenvalue weighted by Crippen LogP contribution is 2.33. The van der Waals surface area contributed by atoms with Crippen molar-refractivity contribution in [3.63, 3.8) is 0 Å². The molecule has 3 rings (SSSR count). The van der Waals surface area contributed by atoms with E-state index in [2.05, 4.69) is 25.5 Å². The first-order valence-corrected chi connectivity index (χ1v) is 10.4. The van der Waals surface area contributed by atoms with Gasteiger partial charge in [-0.05, 0) is 26.0 Å². The van der Waals surface area contributed by atoms with Crippen molar-refractivity contribution in [3.8, 4) is 5.69 Å². The van der Waals surface area contributed by atoms with Crippen molar-refractivity contribution in [2.24, 2.45) is 0 Å². The maximum atomic E-state index is 14.5. The Bertz CT molecular complexity index is 1030. The number of carbonyl (C=O) groups is 1. The number of nitrogens with zero attached hydrogens (tertiary/aromatic N) is 6. The van der Waals surface area contributed by atoms with E-state index in [1.165, 1.54) is 36.8 Å². The number of nitrogens with one attached hydrogen (secondary N) is 1. The van der Waals surface area contributed by atoms with Gasteiger partial charge in [0.25, 0.3) is 5.91 Å². The van der Waals surface area contributed by atoms with Crippen LogP contribution in [-0.2, 0) is 3.93 Å². The summed E-state index contributed by atoms with van der Waals surface area (Å²) in [7, 11) is 0. The van der Waals surface area contributed by atoms with E-state index < -0.39 is 21.3 Å². The summed E-state index contributed by atoms with van der Waals surface area (Å²) in [5.41, 5.74) is -0.349. The van der Waals surface area contributed by atoms with Gasteiger partial charge in [0, 0.05) is 41.7 Å². The van der Waals surface area contributed by atoms with E-state index in [1.807, 2.05) is 0 Å². The Hall–Kier alpha value is -2.77. The Morgan fingerprint density at radius 2 is 1.97 bits per heavy atom. The first kappa shape index (κ1) is 22.9. The lowest BCUT2D eigenvalue weighted by atomic mass is 10.1. The molecule has 0 spiro atoms. The van der Waals surface area contributed by atoms with E-state index in [9.17, 15) is 18.0 Å². The molecule has 2 heterocycles. The number of benzene rings is 1. The molecule has 3 aromatic rings. The zero-order valence-electron chi connectivity index (χ0n) is 16.6. The molecule has 2 aromatic heterocycles. The van der Waals surface area contributed by atoms with Crippen molar-refractivity contribution in [3.05, 3.63) is 60.1 Å². The minimum Gasteiger partial charge on any atom is -0.367 e. The summed E-state index contributed by atoms with van der Waals surface area (Å²) in [6.07, 6.45) is 5.00. The minimum absolute atomic E-state index is 0.0303. The zero-order valence-corrected chi connectivity index (χ0v) is 18.8. The third kappa shape index (κ3) is 5.29. The molecule has 0 fully saturated rings. The number of hydrogen-bond donors (Lipinski definition) is 1. The molecule has 0 saturated heterocycles. The van der Waals surface area contributed by atoms with Gasteiger partial charge < -0.3 is 10.2 Å². The van der Waals surface area contributed by atoms with E-state index in [0.29, 0.717) is 12.4 Å². The number of carbonyl (C=O) groups excluding carboxylic acids is 1. The Kier molecular flexibility index (Phi) is 7.08. The number of halogens is 4. The van der Waals surface area contributed by atoms with E-state index >= 15 is 0 Å². The lowest BCUT2D eigenvalue weighted by Gasteiger charge is -2.29. The summed E-state index contributed by atoms with van der Waals surface area (Å²) in [6.45, 7) is 4.24. The van der Waals surface area contributed by atoms with Gasteiger partial charge in [-0.3, -0.25) is 4.79 Å². The van der Waals surface area contributed by atoms with E-state index in [4.69, 9.17) is 0 Å². The molecule has 1 atom stereocenters. The Morgan fingerprint density at radius 3 is 2.55 bits per heavy atom. The van der Waals surface area contributed by atoms with Crippen molar-refractivity contribution in [2.45, 2.75) is 23.8 Å². The molecule has 0 aliphatic carbocycles. The van der Waals surface area contributed by atoms with Crippen molar-refractivity contribution >= 4 is 34.3 Å². The number of anilines is 1. The van der Waals surface area contributed by atoms with Crippen LogP contribution in [0.2, 0.25) is 0 Å². The third-order valence-electron chi connectivity index (χ3n) is 4.49. The summed E-state index contributed by atoms with van der Waals surface area (Å²) in [5.74, 6) is -0.715. The highest BCUT2D eigenvalue weighted by molar-refractivity contribution is 14.1. The quantitative estimate of drug-likeness (QED) is 0.344. The van der Waals surface area contributed by atoms with E-state index in [-0.39, 0.29) is 23.8 Å². The molecule has 0 aliphatic rings. The molecule has 12 heteroatoms. The summed E-state index contributed by atoms with van der Waals surface area (Å²) < 4.78 is 37.9. The van der Waals surface area contributed by atoms with Crippen LogP contribution < -0.4 is 5.32 Å². The van der Waals surface area contributed by atoms with Gasteiger partial charge in [0.1, 0.15) is 17.2 Å². The molecule has 1 N–H and O–H groups in total. The first-order valence-electron chi connectivity index (χ1n) is 9.31. The number of aromatic nitrogens is 5. The lowest BCUT2D eigenvalue weighted by Crippen LogP contribution is -2.42. The molecule has 0 unspecified atom stereocenters. The standard InChI is InChI=1S/C19H19F3IN7O/c1-3-29(12(2)9-25-16-11-24-15(10-26-16)19(21,22)23)18(31)13-5-4-6-14(20)17(13)30-27-7-8-28-30/h4-8,10-12H,3,9H2,1-2H3,(H,25,26)/t12-/m0/s1. The van der Waals surface area contributed by atoms with Crippen molar-refractivity contribution < 1.29 is 18.0 Å². The third-order valence-corrected chi connectivity index (χ3v) is 5.04. The van der Waals surface area contributed by atoms with Gasteiger partial charge in [0.15, 0.2) is 5.82 Å². The van der Waals surface area contributed by atoms with Crippen LogP contribution in [0, 0.1) is 5.82 Å². The molecular formula is C19H19F3IN7O. The van der Waals surface area contributed by atoms with Crippen LogP contribution in [0.1, 0.15) is 29.9 Å². The number of para-hydroxylation sites is 1. The monoisotopic (exact) mass is 545 g/mol. The molecule has 0 bridgehead atoms. The molecule has 0 aliphatic heterocycles. The molecule has 0 radical (unpaired) electrons. The molecule has 164 valence electrons. The van der Waals surface area contributed by atoms with Gasteiger partial charge in [-0.1, -0.05) is 6.07 Å². The second-order valence-electron chi connectivity index (χ2n) is 6.56. The molecule has 31 heavy (non-hydrogen) atoms. The summed E-state index contributed by atoms with van der Waals surface area (Å²) in [4.78, 5) is 23.5. The van der Waals surface area contributed by atoms with Gasteiger partial charge in [0.2, 0.25) is 0 Å². The fraction of sp³-hybridized carbons (Fsp3) is 0.316. The maximum Gasteiger partial charge on any atom is 0.339 e. The molecule has 8 nitrogen and oxygen atoms in total. The van der Waals surface area contributed by atoms with Crippen LogP contribution in [0.5, 0.6) is 0 Å². The first-order chi connectivity index (χ1) is 14.7. The fourth-order valence-corrected chi connectivity index (χ4v) is 3.24. The van der Waals surface area contributed by atoms with Gasteiger partial charge >= 0.3 is 3.93 Å². The summed E-state index contributed by atoms with van der Waals surface area (Å²) >= 11 is 0.983. The molecule has 1 amide bonds. The van der Waals surface area contributed by atoms with Gasteiger partial charge in [-0.2, -0.15) is 19.0 Å². The summed E-state index contributed by atoms with van der Waals surface area (Å²) in [6, 6.07) is 3.87. The van der Waals surface area contributed by atoms with Crippen molar-refractivity contribution in [1.82, 2.24) is 29.9 Å². The Labute approximate surface area is 190 Å². The fourth-order valence-electron chi connectivity index (χ4n) is 2.96. The highest BCUT2D eigenvalue weighted by Gasteiger charge is 2.29. The van der Waals surface area contributed by atoms with Crippen molar-refractivity contribution in [1.29, 1.82) is 0 Å². The normalized spacial score (nSPS) is 12.5. The molecular weight excluding hydrogens is 526 g/mol. The largest absolute Gasteiger partial charge is 0.367 e. The van der Waals surface area contributed by atoms with Crippen LogP contribution in [0.3, 0.4) is 0 Å². The van der Waals surface area contributed by atoms with E-state index in [1.54, 1.807) is 18.7 Å². The molecule has 1 aromatic carbocycles. The van der Waals surface area contributed by atoms with Crippen LogP contribution in [0.25, 0.3) is 5.69 Å². The maximum absolute atomic E-state index is 14.5. The zero-order chi connectivity index (χ0) is 22.6. The van der Waals surface area contributed by atoms with Gasteiger partial charge in [-0.25, -0.2) is 14.4 Å². The SMILES string of the molecule is CCN(C(=O)c1cccc(F)c1-n1nccn1)[C@@H](C)CNc1cnc(C(F)(F)I)cn1. The predicted octanol–water partition coefficient (Wildman–Crippen LogP) is 3.64. The lowest BCUT2D eigenvalue weighted by molar-refractivity contribution is 0.0711. The van der Waals surface area contributed by atoms with Crippen LogP contribution in [-0.4, -0.2) is 54.9 Å². The van der Waals surface area contributed by atoms with Crippen LogP contribution in [0.4, 0.5) is 19.0 Å². The van der Waals surface area contributed by atoms with Crippen LogP contribution in [0.15, 0.2) is 43.0 Å². The smallest absolute Gasteiger partial charge is 0.339 e. The number of hydrogen-bond acceptors (Lipinski definition) is 6. The highest BCUT2D eigenvalue weighted by atomic mass is 127. The minimum atomic E-state index is -3.10. The molecule has 0 saturated carbocycles. The average Bonchev–Trinajstić information content (AvgIpc) is 3.26. The number of likely N-dealkylation sites (N-methyl/N-ethyl adjacent to an activating group) is 1. The predicted molar refractivity (Wildman–Crippen MR) is 116 cm³/mol. The van der Waals surface area contributed by atoms with E-state index in [0.717, 1.165) is 33.6 Å². The topological polar surface area (TPSA) is 88.8 Å². The van der Waals surface area contributed by atoms with Crippen molar-refractivity contribution in [2.75, 3.05) is 18.4 Å². The van der Waals surface area contributed by atoms with Gasteiger partial charge in [0.05, 0.1) is 30.4 Å². The Balaban J connectivity index is 1.75. The second-order valence-corrected chi connectivity index (χ2v) is 7.92. The number of amides is 1. The van der Waals surface area contributed by atoms with Gasteiger partial charge in [-0.15, -0.1) is 4.80 Å². The Morgan fingerprint density at radius 1 is 1.26 bits per heavy atom. The number of rotatable bonds is 8.